The van der Waals surface area contributed by atoms with Crippen molar-refractivity contribution in [1.82, 2.24) is 19.8 Å². The van der Waals surface area contributed by atoms with E-state index in [-0.39, 0.29) is 11.8 Å². The minimum atomic E-state index is -0.842. The third kappa shape index (κ3) is 2.92. The summed E-state index contributed by atoms with van der Waals surface area (Å²) in [6.45, 7) is 4.11. The van der Waals surface area contributed by atoms with Gasteiger partial charge in [0.15, 0.2) is 5.16 Å². The Hall–Kier alpha value is -1.67. The number of hydrogen-bond donors (Lipinski definition) is 1. The van der Waals surface area contributed by atoms with Gasteiger partial charge in [-0.15, -0.1) is 0 Å². The summed E-state index contributed by atoms with van der Waals surface area (Å²) in [6.07, 6.45) is 5.51. The highest BCUT2D eigenvalue weighted by Crippen LogP contribution is 2.43. The summed E-state index contributed by atoms with van der Waals surface area (Å²) < 4.78 is 0. The molecule has 0 saturated carbocycles. The van der Waals surface area contributed by atoms with Gasteiger partial charge in [0.2, 0.25) is 5.91 Å². The Bertz CT molecular complexity index is 624. The van der Waals surface area contributed by atoms with Gasteiger partial charge in [-0.25, -0.2) is 9.97 Å². The summed E-state index contributed by atoms with van der Waals surface area (Å²) in [5.41, 5.74) is 0.137. The lowest BCUT2D eigenvalue weighted by atomic mass is 9.81. The number of amides is 1. The topological polar surface area (TPSA) is 86.6 Å². The van der Waals surface area contributed by atoms with Gasteiger partial charge in [0.05, 0.1) is 0 Å². The molecule has 2 aliphatic heterocycles. The lowest BCUT2D eigenvalue weighted by Crippen LogP contribution is -2.41. The van der Waals surface area contributed by atoms with Crippen molar-refractivity contribution in [3.8, 4) is 0 Å². The summed E-state index contributed by atoms with van der Waals surface area (Å²) >= 11 is 1.49. The maximum absolute atomic E-state index is 11.9. The van der Waals surface area contributed by atoms with Crippen molar-refractivity contribution in [1.29, 1.82) is 0 Å². The van der Waals surface area contributed by atoms with Gasteiger partial charge in [-0.1, -0.05) is 11.8 Å². The predicted octanol–water partition coefficient (Wildman–Crippen LogP) is 0.563. The molecule has 2 fully saturated rings. The molecule has 7 nitrogen and oxygen atoms in total. The zero-order valence-electron chi connectivity index (χ0n) is 13.2. The Morgan fingerprint density at radius 3 is 2.57 bits per heavy atom. The van der Waals surface area contributed by atoms with E-state index in [1.165, 1.54) is 18.7 Å². The SMILES string of the molecule is CSc1ncc(CN2C[C@@H]3CN(C(C)=O)C[C@]3(C(=O)O)C2)cn1. The molecule has 1 aromatic heterocycles. The van der Waals surface area contributed by atoms with Gasteiger partial charge in [0.25, 0.3) is 0 Å². The quantitative estimate of drug-likeness (QED) is 0.635. The van der Waals surface area contributed by atoms with Crippen molar-refractivity contribution >= 4 is 23.6 Å². The summed E-state index contributed by atoms with van der Waals surface area (Å²) in [6, 6.07) is 0. The van der Waals surface area contributed by atoms with Crippen LogP contribution < -0.4 is 0 Å². The van der Waals surface area contributed by atoms with Crippen LogP contribution in [0.4, 0.5) is 0 Å². The molecule has 3 heterocycles. The third-order valence-corrected chi connectivity index (χ3v) is 5.40. The molecule has 0 spiro atoms. The molecular formula is C15H20N4O3S. The van der Waals surface area contributed by atoms with E-state index < -0.39 is 11.4 Å². The van der Waals surface area contributed by atoms with Crippen LogP contribution in [0.15, 0.2) is 17.6 Å². The van der Waals surface area contributed by atoms with E-state index in [9.17, 15) is 14.7 Å². The number of carbonyl (C=O) groups excluding carboxylic acids is 1. The number of fused-ring (bicyclic) bond motifs is 1. The van der Waals surface area contributed by atoms with Crippen molar-refractivity contribution in [2.45, 2.75) is 18.6 Å². The Balaban J connectivity index is 1.71. The molecule has 2 atom stereocenters. The van der Waals surface area contributed by atoms with Crippen molar-refractivity contribution in [3.05, 3.63) is 18.0 Å². The Kier molecular flexibility index (Phi) is 4.29. The fourth-order valence-electron chi connectivity index (χ4n) is 3.62. The first-order valence-corrected chi connectivity index (χ1v) is 8.73. The number of likely N-dealkylation sites (tertiary alicyclic amines) is 2. The molecule has 2 aliphatic rings. The molecule has 1 N–H and O–H groups in total. The van der Waals surface area contributed by atoms with Crippen molar-refractivity contribution in [2.24, 2.45) is 11.3 Å². The highest BCUT2D eigenvalue weighted by Gasteiger charge is 2.58. The molecule has 124 valence electrons. The Labute approximate surface area is 139 Å². The van der Waals surface area contributed by atoms with E-state index in [0.717, 1.165) is 10.7 Å². The number of aliphatic carboxylic acids is 1. The summed E-state index contributed by atoms with van der Waals surface area (Å²) in [4.78, 5) is 35.7. The smallest absolute Gasteiger partial charge is 0.313 e. The Morgan fingerprint density at radius 1 is 1.35 bits per heavy atom. The fourth-order valence-corrected chi connectivity index (χ4v) is 3.94. The summed E-state index contributed by atoms with van der Waals surface area (Å²) in [7, 11) is 0. The molecular weight excluding hydrogens is 316 g/mol. The molecule has 3 rings (SSSR count). The van der Waals surface area contributed by atoms with Gasteiger partial charge >= 0.3 is 5.97 Å². The van der Waals surface area contributed by atoms with Crippen LogP contribution in [0.5, 0.6) is 0 Å². The van der Waals surface area contributed by atoms with Crippen LogP contribution >= 0.6 is 11.8 Å². The molecule has 0 radical (unpaired) electrons. The maximum atomic E-state index is 11.9. The van der Waals surface area contributed by atoms with E-state index in [0.29, 0.717) is 32.7 Å². The number of nitrogens with zero attached hydrogens (tertiary/aromatic N) is 4. The fraction of sp³-hybridized carbons (Fsp3) is 0.600. The normalized spacial score (nSPS) is 27.2. The van der Waals surface area contributed by atoms with Crippen LogP contribution in [0.2, 0.25) is 0 Å². The molecule has 1 amide bonds. The maximum Gasteiger partial charge on any atom is 0.313 e. The van der Waals surface area contributed by atoms with E-state index in [2.05, 4.69) is 14.9 Å². The van der Waals surface area contributed by atoms with E-state index in [1.54, 1.807) is 17.3 Å². The summed E-state index contributed by atoms with van der Waals surface area (Å²) in [5.74, 6) is -0.870. The van der Waals surface area contributed by atoms with Crippen molar-refractivity contribution < 1.29 is 14.7 Å². The molecule has 8 heteroatoms. The molecule has 0 unspecified atom stereocenters. The first kappa shape index (κ1) is 16.2. The van der Waals surface area contributed by atoms with E-state index >= 15 is 0 Å². The average Bonchev–Trinajstić information content (AvgIpc) is 3.03. The van der Waals surface area contributed by atoms with Gasteiger partial charge in [-0.2, -0.15) is 0 Å². The predicted molar refractivity (Wildman–Crippen MR) is 84.9 cm³/mol. The highest BCUT2D eigenvalue weighted by molar-refractivity contribution is 7.98. The number of thioether (sulfide) groups is 1. The second-order valence-corrected chi connectivity index (χ2v) is 7.08. The van der Waals surface area contributed by atoms with Crippen LogP contribution in [-0.2, 0) is 16.1 Å². The second kappa shape index (κ2) is 6.09. The third-order valence-electron chi connectivity index (χ3n) is 4.82. The first-order valence-electron chi connectivity index (χ1n) is 7.51. The van der Waals surface area contributed by atoms with Gasteiger partial charge in [0.1, 0.15) is 5.41 Å². The number of carboxylic acid groups (broad SMARTS) is 1. The average molecular weight is 336 g/mol. The molecule has 1 aromatic rings. The van der Waals surface area contributed by atoms with Crippen LogP contribution in [-0.4, -0.2) is 69.2 Å². The number of rotatable bonds is 4. The monoisotopic (exact) mass is 336 g/mol. The number of carbonyl (C=O) groups is 2. The van der Waals surface area contributed by atoms with Crippen LogP contribution in [0.1, 0.15) is 12.5 Å². The molecule has 2 saturated heterocycles. The van der Waals surface area contributed by atoms with Crippen molar-refractivity contribution in [3.63, 3.8) is 0 Å². The standard InChI is InChI=1S/C15H20N4O3S/c1-10(20)19-7-12-6-18(8-15(12,9-19)13(21)22)5-11-3-16-14(23-2)17-4-11/h3-4,12H,5-9H2,1-2H3,(H,21,22)/t12-,15-/m1/s1. The van der Waals surface area contributed by atoms with Gasteiger partial charge in [-0.05, 0) is 6.26 Å². The molecule has 0 aromatic carbocycles. The first-order chi connectivity index (χ1) is 10.9. The van der Waals surface area contributed by atoms with Crippen LogP contribution in [0.3, 0.4) is 0 Å². The number of hydrogen-bond acceptors (Lipinski definition) is 6. The lowest BCUT2D eigenvalue weighted by Gasteiger charge is -2.25. The second-order valence-electron chi connectivity index (χ2n) is 6.31. The highest BCUT2D eigenvalue weighted by atomic mass is 32.2. The summed E-state index contributed by atoms with van der Waals surface area (Å²) in [5, 5.41) is 10.5. The zero-order chi connectivity index (χ0) is 16.6. The minimum Gasteiger partial charge on any atom is -0.481 e. The lowest BCUT2D eigenvalue weighted by molar-refractivity contribution is -0.149. The van der Waals surface area contributed by atoms with Gasteiger partial charge < -0.3 is 10.0 Å². The van der Waals surface area contributed by atoms with E-state index in [1.807, 2.05) is 6.26 Å². The van der Waals surface area contributed by atoms with E-state index in [4.69, 9.17) is 0 Å². The Morgan fingerprint density at radius 2 is 2.04 bits per heavy atom. The number of carboxylic acids is 1. The molecule has 23 heavy (non-hydrogen) atoms. The zero-order valence-corrected chi connectivity index (χ0v) is 14.0. The largest absolute Gasteiger partial charge is 0.481 e. The molecule has 0 aliphatic carbocycles. The number of aromatic nitrogens is 2. The van der Waals surface area contributed by atoms with Crippen molar-refractivity contribution in [2.75, 3.05) is 32.4 Å². The van der Waals surface area contributed by atoms with Gasteiger partial charge in [0, 0.05) is 63.5 Å². The van der Waals surface area contributed by atoms with Crippen LogP contribution in [0.25, 0.3) is 0 Å². The van der Waals surface area contributed by atoms with Gasteiger partial charge in [-0.3, -0.25) is 14.5 Å². The molecule has 0 bridgehead atoms. The minimum absolute atomic E-state index is 0.0183. The van der Waals surface area contributed by atoms with Crippen LogP contribution in [0, 0.1) is 11.3 Å².